The van der Waals surface area contributed by atoms with Crippen LogP contribution >= 0.6 is 11.3 Å². The van der Waals surface area contributed by atoms with E-state index >= 15 is 0 Å². The maximum absolute atomic E-state index is 5.67. The van der Waals surface area contributed by atoms with E-state index in [1.54, 1.807) is 0 Å². The Morgan fingerprint density at radius 1 is 0.456 bits per heavy atom. The summed E-state index contributed by atoms with van der Waals surface area (Å²) in [7, 11) is 0. The van der Waals surface area contributed by atoms with Crippen LogP contribution in [0.15, 0.2) is 200 Å². The van der Waals surface area contributed by atoms with Gasteiger partial charge in [-0.05, 0) is 0 Å². The molecular weight excluding hydrogens is 771 g/mol. The average Bonchev–Trinajstić information content (AvgIpc) is 3.94. The van der Waals surface area contributed by atoms with Crippen LogP contribution in [0.25, 0.3) is 81.6 Å². The molecule has 4 heterocycles. The molecule has 0 saturated heterocycles. The second-order valence-electron chi connectivity index (χ2n) is 14.8. The molecule has 0 fully saturated rings. The summed E-state index contributed by atoms with van der Waals surface area (Å²) < 4.78 is 10.5. The molecule has 8 aromatic carbocycles. The van der Waals surface area contributed by atoms with Gasteiger partial charge in [-0.2, -0.15) is 0 Å². The van der Waals surface area contributed by atoms with Gasteiger partial charge < -0.3 is 0 Å². The minimum atomic E-state index is -3.73. The molecule has 12 rings (SSSR count). The Morgan fingerprint density at radius 2 is 1.09 bits per heavy atom. The minimum absolute atomic E-state index is 0.743. The molecule has 0 unspecified atom stereocenters. The van der Waals surface area contributed by atoms with Gasteiger partial charge in [-0.3, -0.25) is 0 Å². The monoisotopic (exact) mass is 805 g/mol. The zero-order valence-electron chi connectivity index (χ0n) is 30.8. The van der Waals surface area contributed by atoms with Gasteiger partial charge in [-0.15, -0.1) is 0 Å². The molecule has 0 N–H and O–H groups in total. The average molecular weight is 805 g/mol. The number of nitrogens with zero attached hydrogens (tertiary/aromatic N) is 3. The SMILES string of the molecule is c1ccc(-c2nc(-c3cccc(-n4c5ccccc5c5ccc6sc7ccccc7c6c54)c3)[c]3c(n2)-c2cccc[c]2[Ge]3([c]2ccccc2)[c]2ccccc2)cc1. The van der Waals surface area contributed by atoms with Crippen molar-refractivity contribution in [1.29, 1.82) is 0 Å². The fourth-order valence-corrected chi connectivity index (χ4v) is 21.7. The van der Waals surface area contributed by atoms with Crippen molar-refractivity contribution < 1.29 is 0 Å². The Labute approximate surface area is 336 Å². The summed E-state index contributed by atoms with van der Waals surface area (Å²) in [5, 5.41) is 5.12. The number of hydrogen-bond donors (Lipinski definition) is 0. The molecule has 0 radical (unpaired) electrons. The van der Waals surface area contributed by atoms with Crippen molar-refractivity contribution in [2.45, 2.75) is 0 Å². The molecular formula is C52H33GeN3S. The third-order valence-corrected chi connectivity index (χ3v) is 23.2. The Morgan fingerprint density at radius 3 is 1.88 bits per heavy atom. The third kappa shape index (κ3) is 4.72. The van der Waals surface area contributed by atoms with Crippen LogP contribution < -0.4 is 17.6 Å². The van der Waals surface area contributed by atoms with E-state index in [-0.39, 0.29) is 0 Å². The van der Waals surface area contributed by atoms with E-state index < -0.39 is 13.3 Å². The first-order valence-corrected chi connectivity index (χ1v) is 24.4. The standard InChI is InChI=1S/C52H33GeN3S/c1-4-17-34(18-5-1)52-54-49(48-50(55-52)41-26-10-13-28-43(41)53(48,36-20-6-2-7-21-36)37-22-8-3-9-23-37)35-19-16-24-38(33-35)56-44-29-14-11-25-39(44)40-31-32-46-47(51(40)56)42-27-12-15-30-45(42)57-46/h1-33H. The van der Waals surface area contributed by atoms with Gasteiger partial charge in [0.25, 0.3) is 0 Å². The zero-order valence-corrected chi connectivity index (χ0v) is 33.7. The van der Waals surface area contributed by atoms with Crippen LogP contribution in [-0.4, -0.2) is 27.8 Å². The molecule has 0 bridgehead atoms. The zero-order chi connectivity index (χ0) is 37.5. The Bertz CT molecular complexity index is 3310. The van der Waals surface area contributed by atoms with E-state index in [1.165, 1.54) is 65.1 Å². The van der Waals surface area contributed by atoms with Gasteiger partial charge in [0.1, 0.15) is 0 Å². The van der Waals surface area contributed by atoms with Crippen molar-refractivity contribution in [1.82, 2.24) is 14.5 Å². The molecule has 266 valence electrons. The van der Waals surface area contributed by atoms with Gasteiger partial charge >= 0.3 is 338 Å². The first-order chi connectivity index (χ1) is 28.3. The summed E-state index contributed by atoms with van der Waals surface area (Å²) in [5.41, 5.74) is 8.93. The van der Waals surface area contributed by atoms with Crippen LogP contribution in [0.4, 0.5) is 0 Å². The number of rotatable bonds is 5. The van der Waals surface area contributed by atoms with Crippen LogP contribution in [0.2, 0.25) is 0 Å². The van der Waals surface area contributed by atoms with Crippen LogP contribution in [-0.2, 0) is 0 Å². The molecule has 1 aliphatic rings. The predicted molar refractivity (Wildman–Crippen MR) is 243 cm³/mol. The number of thiophene rings is 1. The van der Waals surface area contributed by atoms with Crippen LogP contribution in [0, 0.1) is 0 Å². The molecule has 0 saturated carbocycles. The fourth-order valence-electron chi connectivity index (χ4n) is 9.56. The van der Waals surface area contributed by atoms with Crippen molar-refractivity contribution in [3.05, 3.63) is 200 Å². The number of aromatic nitrogens is 3. The predicted octanol–water partition coefficient (Wildman–Crippen LogP) is 10.6. The maximum atomic E-state index is 5.67. The number of benzene rings is 8. The van der Waals surface area contributed by atoms with Crippen molar-refractivity contribution in [3.63, 3.8) is 0 Å². The number of hydrogen-bond acceptors (Lipinski definition) is 3. The Kier molecular flexibility index (Phi) is 7.28. The van der Waals surface area contributed by atoms with Gasteiger partial charge in [0, 0.05) is 0 Å². The molecule has 5 heteroatoms. The van der Waals surface area contributed by atoms with Gasteiger partial charge in [0.15, 0.2) is 0 Å². The van der Waals surface area contributed by atoms with Crippen molar-refractivity contribution in [3.8, 4) is 39.6 Å². The quantitative estimate of drug-likeness (QED) is 0.162. The summed E-state index contributed by atoms with van der Waals surface area (Å²) in [6, 6.07) is 73.3. The van der Waals surface area contributed by atoms with Gasteiger partial charge in [0.05, 0.1) is 0 Å². The fraction of sp³-hybridized carbons (Fsp3) is 0. The van der Waals surface area contributed by atoms with E-state index in [9.17, 15) is 0 Å². The van der Waals surface area contributed by atoms with Crippen molar-refractivity contribution >= 4 is 84.2 Å². The number of fused-ring (bicyclic) bond motifs is 10. The van der Waals surface area contributed by atoms with Crippen LogP contribution in [0.1, 0.15) is 0 Å². The Hall–Kier alpha value is -6.60. The normalized spacial score (nSPS) is 13.1. The Balaban J connectivity index is 1.21. The molecule has 11 aromatic rings. The topological polar surface area (TPSA) is 30.7 Å². The molecule has 0 spiro atoms. The molecule has 1 aliphatic heterocycles. The van der Waals surface area contributed by atoms with Gasteiger partial charge in [-0.1, -0.05) is 0 Å². The molecule has 0 amide bonds. The van der Waals surface area contributed by atoms with E-state index in [1.807, 2.05) is 11.3 Å². The molecule has 3 aromatic heterocycles. The number of para-hydroxylation sites is 1. The van der Waals surface area contributed by atoms with E-state index in [2.05, 4.69) is 205 Å². The third-order valence-electron chi connectivity index (χ3n) is 11.9. The van der Waals surface area contributed by atoms with Gasteiger partial charge in [-0.25, -0.2) is 0 Å². The van der Waals surface area contributed by atoms with E-state index in [4.69, 9.17) is 9.97 Å². The second kappa shape index (κ2) is 12.7. The molecule has 0 atom stereocenters. The van der Waals surface area contributed by atoms with Crippen molar-refractivity contribution in [2.24, 2.45) is 0 Å². The first kappa shape index (κ1) is 32.6. The molecule has 57 heavy (non-hydrogen) atoms. The van der Waals surface area contributed by atoms with Crippen LogP contribution in [0.5, 0.6) is 0 Å². The summed E-state index contributed by atoms with van der Waals surface area (Å²) in [6.07, 6.45) is 0. The summed E-state index contributed by atoms with van der Waals surface area (Å²) in [5.74, 6) is 0.743. The van der Waals surface area contributed by atoms with E-state index in [0.717, 1.165) is 34.0 Å². The second-order valence-corrected chi connectivity index (χ2v) is 23.7. The molecule has 3 nitrogen and oxygen atoms in total. The molecule has 0 aliphatic carbocycles. The van der Waals surface area contributed by atoms with Gasteiger partial charge in [0.2, 0.25) is 0 Å². The summed E-state index contributed by atoms with van der Waals surface area (Å²) >= 11 is -1.86. The van der Waals surface area contributed by atoms with E-state index in [0.29, 0.717) is 0 Å². The summed E-state index contributed by atoms with van der Waals surface area (Å²) in [4.78, 5) is 11.2. The van der Waals surface area contributed by atoms with Crippen LogP contribution in [0.3, 0.4) is 0 Å². The summed E-state index contributed by atoms with van der Waals surface area (Å²) in [6.45, 7) is 0. The first-order valence-electron chi connectivity index (χ1n) is 19.4. The van der Waals surface area contributed by atoms with Crippen molar-refractivity contribution in [2.75, 3.05) is 0 Å².